The van der Waals surface area contributed by atoms with Gasteiger partial charge in [0, 0.05) is 18.2 Å². The Bertz CT molecular complexity index is 518. The van der Waals surface area contributed by atoms with Gasteiger partial charge in [0.15, 0.2) is 0 Å². The molecule has 3 heteroatoms. The molecule has 1 heterocycles. The highest BCUT2D eigenvalue weighted by Gasteiger charge is 2.21. The molecule has 0 saturated heterocycles. The molecular weight excluding hydrogens is 234 g/mol. The summed E-state index contributed by atoms with van der Waals surface area (Å²) in [5.41, 5.74) is 3.60. The van der Waals surface area contributed by atoms with Crippen molar-refractivity contribution in [2.24, 2.45) is 5.92 Å². The summed E-state index contributed by atoms with van der Waals surface area (Å²) in [5.74, 6) is 0.871. The molecule has 0 radical (unpaired) electrons. The predicted octanol–water partition coefficient (Wildman–Crippen LogP) is 3.35. The fourth-order valence-corrected chi connectivity index (χ4v) is 2.95. The number of benzene rings is 1. The third-order valence-electron chi connectivity index (χ3n) is 4.06. The molecule has 1 aliphatic rings. The summed E-state index contributed by atoms with van der Waals surface area (Å²) in [4.78, 5) is 0. The van der Waals surface area contributed by atoms with Crippen molar-refractivity contribution in [3.8, 4) is 11.3 Å². The lowest BCUT2D eigenvalue weighted by Crippen LogP contribution is -2.25. The average Bonchev–Trinajstić information content (AvgIpc) is 3.06. The van der Waals surface area contributed by atoms with Gasteiger partial charge >= 0.3 is 0 Å². The molecule has 3 nitrogen and oxygen atoms in total. The number of aromatic amines is 1. The first-order valence-corrected chi connectivity index (χ1v) is 7.14. The van der Waals surface area contributed by atoms with Crippen LogP contribution in [0.1, 0.15) is 31.7 Å². The van der Waals surface area contributed by atoms with E-state index in [4.69, 9.17) is 0 Å². The van der Waals surface area contributed by atoms with Crippen LogP contribution >= 0.6 is 0 Å². The Kier molecular flexibility index (Phi) is 3.65. The van der Waals surface area contributed by atoms with Crippen LogP contribution in [-0.4, -0.2) is 16.2 Å². The van der Waals surface area contributed by atoms with Gasteiger partial charge in [0.25, 0.3) is 0 Å². The van der Waals surface area contributed by atoms with Crippen LogP contribution < -0.4 is 5.32 Å². The molecule has 1 aromatic carbocycles. The zero-order valence-corrected chi connectivity index (χ0v) is 11.4. The van der Waals surface area contributed by atoms with E-state index < -0.39 is 0 Å². The van der Waals surface area contributed by atoms with Gasteiger partial charge in [0.1, 0.15) is 0 Å². The highest BCUT2D eigenvalue weighted by atomic mass is 15.1. The maximum Gasteiger partial charge on any atom is 0.0695 e. The van der Waals surface area contributed by atoms with Crippen LogP contribution in [0.2, 0.25) is 0 Å². The maximum absolute atomic E-state index is 4.19. The van der Waals surface area contributed by atoms with Crippen molar-refractivity contribution in [2.45, 2.75) is 38.8 Å². The Morgan fingerprint density at radius 2 is 2.11 bits per heavy atom. The van der Waals surface area contributed by atoms with E-state index in [1.54, 1.807) is 0 Å². The Morgan fingerprint density at radius 3 is 2.84 bits per heavy atom. The molecule has 0 bridgehead atoms. The van der Waals surface area contributed by atoms with E-state index in [9.17, 15) is 0 Å². The minimum absolute atomic E-state index is 0.675. The van der Waals surface area contributed by atoms with Crippen molar-refractivity contribution in [3.05, 3.63) is 42.1 Å². The van der Waals surface area contributed by atoms with E-state index in [2.05, 4.69) is 46.7 Å². The van der Waals surface area contributed by atoms with Gasteiger partial charge in [-0.05, 0) is 30.7 Å². The van der Waals surface area contributed by atoms with Crippen LogP contribution in [0, 0.1) is 5.92 Å². The van der Waals surface area contributed by atoms with Crippen LogP contribution in [0.25, 0.3) is 11.3 Å². The molecular formula is C16H21N3. The first-order chi connectivity index (χ1) is 9.33. The summed E-state index contributed by atoms with van der Waals surface area (Å²) in [5, 5.41) is 11.0. The highest BCUT2D eigenvalue weighted by molar-refractivity contribution is 5.62. The summed E-state index contributed by atoms with van der Waals surface area (Å²) in [7, 11) is 0. The van der Waals surface area contributed by atoms with Gasteiger partial charge in [-0.15, -0.1) is 0 Å². The zero-order valence-electron chi connectivity index (χ0n) is 11.4. The third-order valence-corrected chi connectivity index (χ3v) is 4.06. The summed E-state index contributed by atoms with van der Waals surface area (Å²) in [6.07, 6.45) is 5.90. The number of H-pyrrole nitrogens is 1. The van der Waals surface area contributed by atoms with Crippen molar-refractivity contribution >= 4 is 0 Å². The second-order valence-electron chi connectivity index (χ2n) is 5.63. The summed E-state index contributed by atoms with van der Waals surface area (Å²) in [6.45, 7) is 3.24. The largest absolute Gasteiger partial charge is 0.310 e. The molecule has 0 amide bonds. The molecule has 100 valence electrons. The average molecular weight is 255 g/mol. The lowest BCUT2D eigenvalue weighted by molar-refractivity contribution is 0.502. The van der Waals surface area contributed by atoms with E-state index in [1.165, 1.54) is 30.4 Å². The van der Waals surface area contributed by atoms with E-state index in [0.717, 1.165) is 18.2 Å². The van der Waals surface area contributed by atoms with Gasteiger partial charge in [-0.2, -0.15) is 5.10 Å². The summed E-state index contributed by atoms with van der Waals surface area (Å²) >= 11 is 0. The van der Waals surface area contributed by atoms with E-state index in [0.29, 0.717) is 6.04 Å². The van der Waals surface area contributed by atoms with E-state index in [1.807, 2.05) is 12.3 Å². The molecule has 3 rings (SSSR count). The van der Waals surface area contributed by atoms with Crippen molar-refractivity contribution in [1.29, 1.82) is 0 Å². The number of rotatable bonds is 4. The quantitative estimate of drug-likeness (QED) is 0.879. The Hall–Kier alpha value is -1.61. The predicted molar refractivity (Wildman–Crippen MR) is 77.7 cm³/mol. The van der Waals surface area contributed by atoms with Gasteiger partial charge in [0.2, 0.25) is 0 Å². The van der Waals surface area contributed by atoms with Crippen molar-refractivity contribution in [1.82, 2.24) is 15.5 Å². The third kappa shape index (κ3) is 2.87. The number of nitrogens with one attached hydrogen (secondary N) is 2. The minimum atomic E-state index is 0.675. The Morgan fingerprint density at radius 1 is 1.26 bits per heavy atom. The molecule has 0 spiro atoms. The van der Waals surface area contributed by atoms with Crippen LogP contribution in [0.5, 0.6) is 0 Å². The van der Waals surface area contributed by atoms with Crippen molar-refractivity contribution in [3.63, 3.8) is 0 Å². The van der Waals surface area contributed by atoms with E-state index >= 15 is 0 Å². The molecule has 1 aliphatic carbocycles. The van der Waals surface area contributed by atoms with Crippen LogP contribution in [0.15, 0.2) is 36.5 Å². The number of aromatic nitrogens is 2. The fraction of sp³-hybridized carbons (Fsp3) is 0.438. The lowest BCUT2D eigenvalue weighted by Gasteiger charge is -2.12. The smallest absolute Gasteiger partial charge is 0.0695 e. The maximum atomic E-state index is 4.19. The van der Waals surface area contributed by atoms with E-state index in [-0.39, 0.29) is 0 Å². The Labute approximate surface area is 114 Å². The van der Waals surface area contributed by atoms with Crippen LogP contribution in [0.3, 0.4) is 0 Å². The molecule has 2 atom stereocenters. The van der Waals surface area contributed by atoms with Crippen LogP contribution in [0.4, 0.5) is 0 Å². The second-order valence-corrected chi connectivity index (χ2v) is 5.63. The number of hydrogen-bond acceptors (Lipinski definition) is 2. The van der Waals surface area contributed by atoms with Crippen LogP contribution in [-0.2, 0) is 6.54 Å². The van der Waals surface area contributed by atoms with Gasteiger partial charge < -0.3 is 5.32 Å². The molecule has 0 aliphatic heterocycles. The molecule has 1 saturated carbocycles. The number of nitrogens with zero attached hydrogens (tertiary/aromatic N) is 1. The molecule has 2 aromatic rings. The SMILES string of the molecule is CC1CCC(NCc2cn[nH]c2-c2ccccc2)C1. The Balaban J connectivity index is 1.67. The fourth-order valence-electron chi connectivity index (χ4n) is 2.95. The first-order valence-electron chi connectivity index (χ1n) is 7.14. The molecule has 1 fully saturated rings. The second kappa shape index (κ2) is 5.57. The molecule has 2 N–H and O–H groups in total. The normalized spacial score (nSPS) is 22.8. The van der Waals surface area contributed by atoms with Gasteiger partial charge in [-0.3, -0.25) is 5.10 Å². The number of hydrogen-bond donors (Lipinski definition) is 2. The summed E-state index contributed by atoms with van der Waals surface area (Å²) in [6, 6.07) is 11.1. The zero-order chi connectivity index (χ0) is 13.1. The topological polar surface area (TPSA) is 40.7 Å². The minimum Gasteiger partial charge on any atom is -0.310 e. The van der Waals surface area contributed by atoms with Crippen molar-refractivity contribution < 1.29 is 0 Å². The summed E-state index contributed by atoms with van der Waals surface area (Å²) < 4.78 is 0. The first kappa shape index (κ1) is 12.4. The van der Waals surface area contributed by atoms with Gasteiger partial charge in [-0.25, -0.2) is 0 Å². The lowest BCUT2D eigenvalue weighted by atomic mass is 10.1. The monoisotopic (exact) mass is 255 g/mol. The molecule has 2 unspecified atom stereocenters. The van der Waals surface area contributed by atoms with Gasteiger partial charge in [0.05, 0.1) is 11.9 Å². The standard InChI is InChI=1S/C16H21N3/c1-12-7-8-15(9-12)17-10-14-11-18-19-16(14)13-5-3-2-4-6-13/h2-6,11-12,15,17H,7-10H2,1H3,(H,18,19). The highest BCUT2D eigenvalue weighted by Crippen LogP contribution is 2.26. The molecule has 1 aromatic heterocycles. The molecule has 19 heavy (non-hydrogen) atoms. The van der Waals surface area contributed by atoms with Crippen molar-refractivity contribution in [2.75, 3.05) is 0 Å². The van der Waals surface area contributed by atoms with Gasteiger partial charge in [-0.1, -0.05) is 37.3 Å².